The van der Waals surface area contributed by atoms with E-state index in [4.69, 9.17) is 4.74 Å². The summed E-state index contributed by atoms with van der Waals surface area (Å²) in [4.78, 5) is 20.3. The summed E-state index contributed by atoms with van der Waals surface area (Å²) < 4.78 is 5.40. The van der Waals surface area contributed by atoms with Gasteiger partial charge in [0.2, 0.25) is 0 Å². The van der Waals surface area contributed by atoms with E-state index in [2.05, 4.69) is 15.3 Å². The Kier molecular flexibility index (Phi) is 3.58. The van der Waals surface area contributed by atoms with Gasteiger partial charge < -0.3 is 10.1 Å². The van der Waals surface area contributed by atoms with E-state index in [0.717, 1.165) is 30.5 Å². The summed E-state index contributed by atoms with van der Waals surface area (Å²) in [6.45, 7) is -0.0250. The lowest BCUT2D eigenvalue weighted by atomic mass is 10.2. The molecule has 0 aliphatic heterocycles. The van der Waals surface area contributed by atoms with E-state index in [0.29, 0.717) is 11.6 Å². The number of hydrogen-bond acceptors (Lipinski definition) is 4. The summed E-state index contributed by atoms with van der Waals surface area (Å²) in [5.74, 6) is 1.09. The van der Waals surface area contributed by atoms with Crippen LogP contribution >= 0.6 is 0 Å². The van der Waals surface area contributed by atoms with Crippen molar-refractivity contribution in [3.63, 3.8) is 0 Å². The first-order valence-electron chi connectivity index (χ1n) is 6.63. The van der Waals surface area contributed by atoms with Gasteiger partial charge in [-0.3, -0.25) is 4.79 Å². The minimum atomic E-state index is -0.207. The Morgan fingerprint density at radius 1 is 1.20 bits per heavy atom. The fourth-order valence-electron chi connectivity index (χ4n) is 2.30. The molecule has 1 amide bonds. The van der Waals surface area contributed by atoms with Gasteiger partial charge in [-0.25, -0.2) is 9.97 Å². The summed E-state index contributed by atoms with van der Waals surface area (Å²) in [5, 5.41) is 2.80. The van der Waals surface area contributed by atoms with Crippen LogP contribution in [0.1, 0.15) is 17.7 Å². The fourth-order valence-corrected chi connectivity index (χ4v) is 2.30. The molecular formula is C15H15N3O2. The largest absolute Gasteiger partial charge is 0.484 e. The Bertz CT molecular complexity index is 614. The monoisotopic (exact) mass is 269 g/mol. The molecule has 1 aliphatic carbocycles. The first kappa shape index (κ1) is 12.6. The van der Waals surface area contributed by atoms with E-state index >= 15 is 0 Å². The summed E-state index contributed by atoms with van der Waals surface area (Å²) in [6, 6.07) is 9.26. The van der Waals surface area contributed by atoms with E-state index in [1.807, 2.05) is 30.3 Å². The molecule has 1 aromatic heterocycles. The standard InChI is InChI=1S/C15H15N3O2/c19-14(9-20-11-5-2-1-3-6-11)18-15-12-7-4-8-13(12)16-10-17-15/h1-3,5-6,10H,4,7-9H2,(H,16,17,18,19). The third-order valence-electron chi connectivity index (χ3n) is 3.25. The number of anilines is 1. The zero-order chi connectivity index (χ0) is 13.8. The van der Waals surface area contributed by atoms with E-state index in [1.54, 1.807) is 0 Å². The molecule has 0 fully saturated rings. The van der Waals surface area contributed by atoms with Crippen molar-refractivity contribution in [3.05, 3.63) is 47.9 Å². The minimum Gasteiger partial charge on any atom is -0.484 e. The number of nitrogens with one attached hydrogen (secondary N) is 1. The molecule has 2 aromatic rings. The lowest BCUT2D eigenvalue weighted by molar-refractivity contribution is -0.118. The van der Waals surface area contributed by atoms with E-state index in [1.165, 1.54) is 6.33 Å². The van der Waals surface area contributed by atoms with Gasteiger partial charge in [-0.05, 0) is 31.4 Å². The highest BCUT2D eigenvalue weighted by Gasteiger charge is 2.18. The number of fused-ring (bicyclic) bond motifs is 1. The van der Waals surface area contributed by atoms with E-state index in [9.17, 15) is 4.79 Å². The quantitative estimate of drug-likeness (QED) is 0.921. The van der Waals surface area contributed by atoms with Crippen LogP contribution in [0, 0.1) is 0 Å². The number of ether oxygens (including phenoxy) is 1. The Morgan fingerprint density at radius 3 is 2.90 bits per heavy atom. The molecule has 20 heavy (non-hydrogen) atoms. The molecule has 0 atom stereocenters. The van der Waals surface area contributed by atoms with E-state index < -0.39 is 0 Å². The average Bonchev–Trinajstić information content (AvgIpc) is 2.96. The zero-order valence-electron chi connectivity index (χ0n) is 11.0. The molecule has 5 nitrogen and oxygen atoms in total. The lowest BCUT2D eigenvalue weighted by Crippen LogP contribution is -2.21. The maximum Gasteiger partial charge on any atom is 0.263 e. The van der Waals surface area contributed by atoms with Crippen LogP contribution in [0.3, 0.4) is 0 Å². The number of aryl methyl sites for hydroxylation is 1. The maximum atomic E-state index is 11.9. The summed E-state index contributed by atoms with van der Waals surface area (Å²) in [5.41, 5.74) is 2.10. The summed E-state index contributed by atoms with van der Waals surface area (Å²) >= 11 is 0. The fraction of sp³-hybridized carbons (Fsp3) is 0.267. The highest BCUT2D eigenvalue weighted by Crippen LogP contribution is 2.24. The van der Waals surface area contributed by atoms with Crippen molar-refractivity contribution in [3.8, 4) is 5.75 Å². The molecule has 1 heterocycles. The molecule has 1 aliphatic rings. The van der Waals surface area contributed by atoms with Crippen molar-refractivity contribution in [2.45, 2.75) is 19.3 Å². The first-order chi connectivity index (χ1) is 9.83. The van der Waals surface area contributed by atoms with Gasteiger partial charge in [-0.1, -0.05) is 18.2 Å². The predicted molar refractivity (Wildman–Crippen MR) is 74.6 cm³/mol. The van der Waals surface area contributed by atoms with Crippen molar-refractivity contribution in [1.82, 2.24) is 9.97 Å². The minimum absolute atomic E-state index is 0.0250. The second-order valence-electron chi connectivity index (χ2n) is 4.65. The van der Waals surface area contributed by atoms with Gasteiger partial charge in [-0.15, -0.1) is 0 Å². The van der Waals surface area contributed by atoms with Crippen LogP contribution in [0.15, 0.2) is 36.7 Å². The molecule has 0 bridgehead atoms. The van der Waals surface area contributed by atoms with Crippen LogP contribution in [0.2, 0.25) is 0 Å². The number of amides is 1. The second kappa shape index (κ2) is 5.69. The topological polar surface area (TPSA) is 64.1 Å². The van der Waals surface area contributed by atoms with Crippen molar-refractivity contribution in [2.75, 3.05) is 11.9 Å². The van der Waals surface area contributed by atoms with Crippen molar-refractivity contribution < 1.29 is 9.53 Å². The van der Waals surface area contributed by atoms with Gasteiger partial charge >= 0.3 is 0 Å². The third kappa shape index (κ3) is 2.77. The van der Waals surface area contributed by atoms with Gasteiger partial charge in [0.15, 0.2) is 6.61 Å². The average molecular weight is 269 g/mol. The van der Waals surface area contributed by atoms with Crippen LogP contribution < -0.4 is 10.1 Å². The molecule has 102 valence electrons. The van der Waals surface area contributed by atoms with Crippen molar-refractivity contribution in [2.24, 2.45) is 0 Å². The molecule has 0 radical (unpaired) electrons. The number of carbonyl (C=O) groups excluding carboxylic acids is 1. The van der Waals surface area contributed by atoms with Crippen LogP contribution in [0.4, 0.5) is 5.82 Å². The number of rotatable bonds is 4. The molecule has 0 spiro atoms. The van der Waals surface area contributed by atoms with Crippen LogP contribution in [0.25, 0.3) is 0 Å². The molecular weight excluding hydrogens is 254 g/mol. The Hall–Kier alpha value is -2.43. The van der Waals surface area contributed by atoms with Gasteiger partial charge in [0.1, 0.15) is 17.9 Å². The lowest BCUT2D eigenvalue weighted by Gasteiger charge is -2.09. The number of carbonyl (C=O) groups is 1. The highest BCUT2D eigenvalue weighted by atomic mass is 16.5. The molecule has 0 saturated carbocycles. The molecule has 1 aromatic carbocycles. The molecule has 0 saturated heterocycles. The first-order valence-corrected chi connectivity index (χ1v) is 6.63. The highest BCUT2D eigenvalue weighted by molar-refractivity contribution is 5.91. The summed E-state index contributed by atoms with van der Waals surface area (Å²) in [7, 11) is 0. The van der Waals surface area contributed by atoms with E-state index in [-0.39, 0.29) is 12.5 Å². The second-order valence-corrected chi connectivity index (χ2v) is 4.65. The summed E-state index contributed by atoms with van der Waals surface area (Å²) in [6.07, 6.45) is 4.45. The number of para-hydroxylation sites is 1. The van der Waals surface area contributed by atoms with Crippen LogP contribution in [-0.4, -0.2) is 22.5 Å². The molecule has 0 unspecified atom stereocenters. The zero-order valence-corrected chi connectivity index (χ0v) is 11.0. The van der Waals surface area contributed by atoms with Gasteiger partial charge in [-0.2, -0.15) is 0 Å². The number of nitrogens with zero attached hydrogens (tertiary/aromatic N) is 2. The van der Waals surface area contributed by atoms with Gasteiger partial charge in [0.05, 0.1) is 0 Å². The molecule has 5 heteroatoms. The van der Waals surface area contributed by atoms with Crippen molar-refractivity contribution >= 4 is 11.7 Å². The predicted octanol–water partition coefficient (Wildman–Crippen LogP) is 1.98. The van der Waals surface area contributed by atoms with Crippen LogP contribution in [-0.2, 0) is 17.6 Å². The third-order valence-corrected chi connectivity index (χ3v) is 3.25. The molecule has 3 rings (SSSR count). The van der Waals surface area contributed by atoms with Crippen LogP contribution in [0.5, 0.6) is 5.75 Å². The Labute approximate surface area is 117 Å². The normalized spacial score (nSPS) is 12.8. The van der Waals surface area contributed by atoms with Gasteiger partial charge in [0.25, 0.3) is 5.91 Å². The molecule has 1 N–H and O–H groups in total. The van der Waals surface area contributed by atoms with Gasteiger partial charge in [0, 0.05) is 11.3 Å². The Balaban J connectivity index is 1.61. The van der Waals surface area contributed by atoms with Crippen molar-refractivity contribution in [1.29, 1.82) is 0 Å². The maximum absolute atomic E-state index is 11.9. The number of benzene rings is 1. The smallest absolute Gasteiger partial charge is 0.263 e. The Morgan fingerprint density at radius 2 is 2.05 bits per heavy atom. The number of hydrogen-bond donors (Lipinski definition) is 1. The number of aromatic nitrogens is 2. The SMILES string of the molecule is O=C(COc1ccccc1)Nc1ncnc2c1CCC2.